The lowest BCUT2D eigenvalue weighted by Crippen LogP contribution is -2.16. The Morgan fingerprint density at radius 2 is 2.24 bits per heavy atom. The van der Waals surface area contributed by atoms with Crippen LogP contribution in [0.15, 0.2) is 30.5 Å². The Balaban J connectivity index is 2.26. The van der Waals surface area contributed by atoms with Crippen molar-refractivity contribution in [3.05, 3.63) is 41.7 Å². The van der Waals surface area contributed by atoms with Gasteiger partial charge in [0.25, 0.3) is 0 Å². The molecular weight excluding hydrogens is 224 g/mol. The summed E-state index contributed by atoms with van der Waals surface area (Å²) in [6.45, 7) is -0.260. The van der Waals surface area contributed by atoms with E-state index in [0.717, 1.165) is 11.8 Å². The second-order valence-corrected chi connectivity index (χ2v) is 3.47. The van der Waals surface area contributed by atoms with Crippen LogP contribution in [0.25, 0.3) is 5.57 Å². The number of cyclic esters (lactones) is 1. The lowest BCUT2D eigenvalue weighted by molar-refractivity contribution is -0.141. The van der Waals surface area contributed by atoms with Crippen molar-refractivity contribution < 1.29 is 24.2 Å². The zero-order chi connectivity index (χ0) is 12.3. The number of carbonyl (C=O) groups is 2. The van der Waals surface area contributed by atoms with Crippen LogP contribution in [0.2, 0.25) is 0 Å². The van der Waals surface area contributed by atoms with Crippen LogP contribution >= 0.6 is 0 Å². The number of carboxylic acid groups (broad SMARTS) is 1. The maximum absolute atomic E-state index is 11.5. The first kappa shape index (κ1) is 11.2. The Hall–Kier alpha value is -2.30. The molecule has 1 heterocycles. The van der Waals surface area contributed by atoms with E-state index in [-0.39, 0.29) is 12.2 Å². The molecule has 88 valence electrons. The highest BCUT2D eigenvalue weighted by Gasteiger charge is 2.22. The highest BCUT2D eigenvalue weighted by atomic mass is 16.5. The van der Waals surface area contributed by atoms with E-state index in [1.54, 1.807) is 12.1 Å². The van der Waals surface area contributed by atoms with Gasteiger partial charge in [-0.3, -0.25) is 0 Å². The number of carboxylic acids is 1. The van der Waals surface area contributed by atoms with Crippen LogP contribution in [0, 0.1) is 0 Å². The van der Waals surface area contributed by atoms with Crippen LogP contribution in [0.1, 0.15) is 11.1 Å². The third kappa shape index (κ3) is 2.44. The lowest BCUT2D eigenvalue weighted by Gasteiger charge is -2.17. The van der Waals surface area contributed by atoms with E-state index in [4.69, 9.17) is 14.6 Å². The predicted octanol–water partition coefficient (Wildman–Crippen LogP) is 1.19. The summed E-state index contributed by atoms with van der Waals surface area (Å²) in [5, 5.41) is 8.43. The molecule has 0 aromatic heterocycles. The molecule has 5 nitrogen and oxygen atoms in total. The third-order valence-electron chi connectivity index (χ3n) is 2.29. The second-order valence-electron chi connectivity index (χ2n) is 3.47. The summed E-state index contributed by atoms with van der Waals surface area (Å²) in [5.41, 5.74) is 1.83. The van der Waals surface area contributed by atoms with Crippen molar-refractivity contribution in [2.45, 2.75) is 6.61 Å². The molecule has 1 N–H and O–H groups in total. The van der Waals surface area contributed by atoms with E-state index >= 15 is 0 Å². The summed E-state index contributed by atoms with van der Waals surface area (Å²) in [5.74, 6) is -1.60. The molecule has 0 unspecified atom stereocenters. The minimum absolute atomic E-state index is 0.227. The topological polar surface area (TPSA) is 72.8 Å². The second kappa shape index (κ2) is 4.69. The first-order chi connectivity index (χ1) is 8.18. The molecule has 0 atom stereocenters. The van der Waals surface area contributed by atoms with Gasteiger partial charge >= 0.3 is 11.9 Å². The van der Waals surface area contributed by atoms with E-state index < -0.39 is 18.5 Å². The summed E-state index contributed by atoms with van der Waals surface area (Å²) >= 11 is 0. The fraction of sp³-hybridized carbons (Fsp3) is 0.167. The Kier molecular flexibility index (Phi) is 3.09. The Labute approximate surface area is 97.3 Å². The van der Waals surface area contributed by atoms with E-state index in [2.05, 4.69) is 0 Å². The molecule has 1 aromatic carbocycles. The molecule has 0 amide bonds. The Morgan fingerprint density at radius 1 is 1.47 bits per heavy atom. The van der Waals surface area contributed by atoms with Gasteiger partial charge in [0.2, 0.25) is 0 Å². The third-order valence-corrected chi connectivity index (χ3v) is 2.29. The van der Waals surface area contributed by atoms with Crippen LogP contribution in [0.5, 0.6) is 0 Å². The van der Waals surface area contributed by atoms with Gasteiger partial charge in [0.15, 0.2) is 6.61 Å². The van der Waals surface area contributed by atoms with Crippen molar-refractivity contribution in [2.24, 2.45) is 0 Å². The average Bonchev–Trinajstić information content (AvgIpc) is 2.32. The summed E-state index contributed by atoms with van der Waals surface area (Å²) < 4.78 is 9.74. The maximum atomic E-state index is 11.5. The number of fused-ring (bicyclic) bond motifs is 1. The van der Waals surface area contributed by atoms with Crippen LogP contribution in [0.3, 0.4) is 0 Å². The molecule has 0 saturated carbocycles. The number of ether oxygens (including phenoxy) is 2. The average molecular weight is 234 g/mol. The van der Waals surface area contributed by atoms with Crippen molar-refractivity contribution in [1.29, 1.82) is 0 Å². The van der Waals surface area contributed by atoms with Gasteiger partial charge < -0.3 is 14.6 Å². The molecule has 1 aliphatic heterocycles. The molecule has 1 aromatic rings. The first-order valence-corrected chi connectivity index (χ1v) is 4.97. The summed E-state index contributed by atoms with van der Waals surface area (Å²) in [6.07, 6.45) is 1.13. The molecule has 0 radical (unpaired) electrons. The van der Waals surface area contributed by atoms with E-state index in [0.29, 0.717) is 5.56 Å². The van der Waals surface area contributed by atoms with Gasteiger partial charge in [-0.15, -0.1) is 0 Å². The van der Waals surface area contributed by atoms with Gasteiger partial charge in [0, 0.05) is 0 Å². The van der Waals surface area contributed by atoms with Gasteiger partial charge in [-0.05, 0) is 11.1 Å². The van der Waals surface area contributed by atoms with Gasteiger partial charge in [-0.1, -0.05) is 24.3 Å². The largest absolute Gasteiger partial charge is 0.489 e. The molecule has 5 heteroatoms. The monoisotopic (exact) mass is 234 g/mol. The zero-order valence-electron chi connectivity index (χ0n) is 8.88. The highest BCUT2D eigenvalue weighted by Crippen LogP contribution is 2.26. The van der Waals surface area contributed by atoms with Crippen molar-refractivity contribution in [3.8, 4) is 0 Å². The fourth-order valence-corrected chi connectivity index (χ4v) is 1.55. The van der Waals surface area contributed by atoms with Crippen LogP contribution in [-0.2, 0) is 25.7 Å². The van der Waals surface area contributed by atoms with Crippen molar-refractivity contribution in [1.82, 2.24) is 0 Å². The smallest absolute Gasteiger partial charge is 0.342 e. The maximum Gasteiger partial charge on any atom is 0.342 e. The normalized spacial score (nSPS) is 16.2. The number of rotatable bonds is 3. The highest BCUT2D eigenvalue weighted by molar-refractivity contribution is 6.17. The summed E-state index contributed by atoms with van der Waals surface area (Å²) in [7, 11) is 0. The number of carbonyl (C=O) groups excluding carboxylic acids is 1. The fourth-order valence-electron chi connectivity index (χ4n) is 1.55. The predicted molar refractivity (Wildman–Crippen MR) is 57.8 cm³/mol. The van der Waals surface area contributed by atoms with E-state index in [1.807, 2.05) is 12.1 Å². The number of hydrogen-bond acceptors (Lipinski definition) is 4. The zero-order valence-corrected chi connectivity index (χ0v) is 8.88. The molecule has 17 heavy (non-hydrogen) atoms. The SMILES string of the molecule is O=C(O)COC=C1C(=O)OCc2ccccc21. The molecule has 0 saturated heterocycles. The summed E-state index contributed by atoms with van der Waals surface area (Å²) in [4.78, 5) is 21.8. The first-order valence-electron chi connectivity index (χ1n) is 4.97. The molecule has 2 rings (SSSR count). The van der Waals surface area contributed by atoms with Gasteiger partial charge in [0.05, 0.1) is 6.26 Å². The Morgan fingerprint density at radius 3 is 3.00 bits per heavy atom. The quantitative estimate of drug-likeness (QED) is 0.483. The summed E-state index contributed by atoms with van der Waals surface area (Å²) in [6, 6.07) is 7.24. The number of aliphatic carboxylic acids is 1. The minimum Gasteiger partial charge on any atom is -0.489 e. The van der Waals surface area contributed by atoms with Crippen LogP contribution in [0.4, 0.5) is 0 Å². The van der Waals surface area contributed by atoms with Crippen molar-refractivity contribution >= 4 is 17.5 Å². The number of esters is 1. The van der Waals surface area contributed by atoms with Crippen LogP contribution in [-0.4, -0.2) is 23.7 Å². The number of benzene rings is 1. The van der Waals surface area contributed by atoms with Crippen molar-refractivity contribution in [2.75, 3.05) is 6.61 Å². The molecule has 0 fully saturated rings. The van der Waals surface area contributed by atoms with Crippen molar-refractivity contribution in [3.63, 3.8) is 0 Å². The van der Waals surface area contributed by atoms with Crippen LogP contribution < -0.4 is 0 Å². The van der Waals surface area contributed by atoms with E-state index in [9.17, 15) is 9.59 Å². The molecular formula is C12H10O5. The number of hydrogen-bond donors (Lipinski definition) is 1. The van der Waals surface area contributed by atoms with Gasteiger partial charge in [-0.25, -0.2) is 9.59 Å². The molecule has 0 spiro atoms. The van der Waals surface area contributed by atoms with Gasteiger partial charge in [0.1, 0.15) is 12.2 Å². The Bertz CT molecular complexity index is 489. The lowest BCUT2D eigenvalue weighted by atomic mass is 9.99. The molecule has 0 bridgehead atoms. The van der Waals surface area contributed by atoms with E-state index in [1.165, 1.54) is 0 Å². The molecule has 0 aliphatic carbocycles. The van der Waals surface area contributed by atoms with Gasteiger partial charge in [-0.2, -0.15) is 0 Å². The standard InChI is InChI=1S/C12H10O5/c13-11(14)7-16-6-10-9-4-2-1-3-8(9)5-17-12(10)15/h1-4,6H,5,7H2,(H,13,14). The minimum atomic E-state index is -1.10. The molecule has 1 aliphatic rings.